The third-order valence-electron chi connectivity index (χ3n) is 5.66. The van der Waals surface area contributed by atoms with Crippen LogP contribution in [0.2, 0.25) is 0 Å². The highest BCUT2D eigenvalue weighted by atomic mass is 16.2. The van der Waals surface area contributed by atoms with Gasteiger partial charge in [-0.25, -0.2) is 4.79 Å². The molecule has 2 fully saturated rings. The number of amides is 3. The lowest BCUT2D eigenvalue weighted by atomic mass is 10.0. The van der Waals surface area contributed by atoms with Gasteiger partial charge >= 0.3 is 6.03 Å². The van der Waals surface area contributed by atoms with E-state index in [1.807, 2.05) is 6.07 Å². The van der Waals surface area contributed by atoms with E-state index >= 15 is 0 Å². The maximum atomic E-state index is 12.2. The third-order valence-corrected chi connectivity index (χ3v) is 5.66. The Morgan fingerprint density at radius 3 is 2.23 bits per heavy atom. The predicted molar refractivity (Wildman–Crippen MR) is 102 cm³/mol. The Labute approximate surface area is 155 Å². The van der Waals surface area contributed by atoms with Crippen molar-refractivity contribution < 1.29 is 9.59 Å². The largest absolute Gasteiger partial charge is 0.341 e. The third kappa shape index (κ3) is 4.75. The fourth-order valence-electron chi connectivity index (χ4n) is 3.95. The van der Waals surface area contributed by atoms with Crippen molar-refractivity contribution in [2.24, 2.45) is 0 Å². The first kappa shape index (κ1) is 18.7. The van der Waals surface area contributed by atoms with Gasteiger partial charge < -0.3 is 15.5 Å². The second kappa shape index (κ2) is 8.54. The van der Waals surface area contributed by atoms with Gasteiger partial charge in [-0.1, -0.05) is 30.3 Å². The van der Waals surface area contributed by atoms with Gasteiger partial charge in [0.25, 0.3) is 0 Å². The predicted octanol–water partition coefficient (Wildman–Crippen LogP) is 2.13. The van der Waals surface area contributed by atoms with Crippen molar-refractivity contribution in [2.45, 2.75) is 51.2 Å². The number of piperidine rings is 1. The van der Waals surface area contributed by atoms with Crippen LogP contribution in [0.4, 0.5) is 4.79 Å². The molecule has 0 radical (unpaired) electrons. The van der Waals surface area contributed by atoms with Crippen molar-refractivity contribution in [3.05, 3.63) is 35.9 Å². The molecule has 26 heavy (non-hydrogen) atoms. The molecule has 3 rings (SSSR count). The summed E-state index contributed by atoms with van der Waals surface area (Å²) in [6.45, 7) is 7.15. The minimum atomic E-state index is -0.102. The molecule has 1 aromatic carbocycles. The van der Waals surface area contributed by atoms with E-state index < -0.39 is 0 Å². The second-order valence-electron chi connectivity index (χ2n) is 7.47. The average molecular weight is 358 g/mol. The molecular formula is C20H30N4O2. The van der Waals surface area contributed by atoms with Crippen LogP contribution in [0.15, 0.2) is 30.3 Å². The number of urea groups is 1. The fraction of sp³-hybridized carbons (Fsp3) is 0.600. The number of carbonyl (C=O) groups excluding carboxylic acids is 2. The van der Waals surface area contributed by atoms with Crippen molar-refractivity contribution in [1.82, 2.24) is 20.4 Å². The van der Waals surface area contributed by atoms with Crippen molar-refractivity contribution >= 4 is 11.9 Å². The minimum absolute atomic E-state index is 0.0668. The number of carbonyl (C=O) groups is 2. The molecule has 2 heterocycles. The molecule has 0 aromatic heterocycles. The molecular weight excluding hydrogens is 328 g/mol. The van der Waals surface area contributed by atoms with Crippen molar-refractivity contribution in [3.63, 3.8) is 0 Å². The number of benzene rings is 1. The highest BCUT2D eigenvalue weighted by Gasteiger charge is 2.27. The van der Waals surface area contributed by atoms with Crippen molar-refractivity contribution in [1.29, 1.82) is 0 Å². The van der Waals surface area contributed by atoms with E-state index in [-0.39, 0.29) is 24.0 Å². The molecule has 0 saturated carbocycles. The molecule has 2 atom stereocenters. The smallest absolute Gasteiger partial charge is 0.315 e. The molecule has 2 N–H and O–H groups in total. The maximum absolute atomic E-state index is 12.2. The summed E-state index contributed by atoms with van der Waals surface area (Å²) in [5.74, 6) is 0.0783. The van der Waals surface area contributed by atoms with Crippen LogP contribution in [0.5, 0.6) is 0 Å². The van der Waals surface area contributed by atoms with E-state index in [4.69, 9.17) is 0 Å². The van der Waals surface area contributed by atoms with E-state index in [9.17, 15) is 9.59 Å². The van der Waals surface area contributed by atoms with E-state index in [1.54, 1.807) is 11.8 Å². The molecule has 3 amide bonds. The van der Waals surface area contributed by atoms with Crippen LogP contribution in [0.1, 0.15) is 44.7 Å². The Balaban J connectivity index is 1.40. The molecule has 6 heteroatoms. The quantitative estimate of drug-likeness (QED) is 0.867. The summed E-state index contributed by atoms with van der Waals surface area (Å²) in [5, 5.41) is 6.12. The fourth-order valence-corrected chi connectivity index (χ4v) is 3.95. The van der Waals surface area contributed by atoms with Gasteiger partial charge in [0.1, 0.15) is 0 Å². The highest BCUT2D eigenvalue weighted by Crippen LogP contribution is 2.24. The second-order valence-corrected chi connectivity index (χ2v) is 7.47. The van der Waals surface area contributed by atoms with Gasteiger partial charge in [-0.2, -0.15) is 0 Å². The number of likely N-dealkylation sites (tertiary alicyclic amines) is 2. The van der Waals surface area contributed by atoms with Crippen LogP contribution < -0.4 is 10.6 Å². The maximum Gasteiger partial charge on any atom is 0.315 e. The lowest BCUT2D eigenvalue weighted by Crippen LogP contribution is -2.50. The molecule has 0 spiro atoms. The summed E-state index contributed by atoms with van der Waals surface area (Å²) < 4.78 is 0. The lowest BCUT2D eigenvalue weighted by molar-refractivity contribution is -0.127. The monoisotopic (exact) mass is 358 g/mol. The first-order valence-corrected chi connectivity index (χ1v) is 9.64. The Bertz CT molecular complexity index is 613. The Kier molecular flexibility index (Phi) is 6.14. The van der Waals surface area contributed by atoms with Gasteiger partial charge in [0.2, 0.25) is 5.91 Å². The van der Waals surface area contributed by atoms with Gasteiger partial charge in [-0.3, -0.25) is 9.69 Å². The zero-order valence-electron chi connectivity index (χ0n) is 15.8. The highest BCUT2D eigenvalue weighted by molar-refractivity contribution is 5.76. The van der Waals surface area contributed by atoms with Gasteiger partial charge in [0.15, 0.2) is 0 Å². The summed E-state index contributed by atoms with van der Waals surface area (Å²) in [5.41, 5.74) is 1.34. The summed E-state index contributed by atoms with van der Waals surface area (Å²) in [6, 6.07) is 11.2. The molecule has 142 valence electrons. The lowest BCUT2D eigenvalue weighted by Gasteiger charge is -2.36. The summed E-state index contributed by atoms with van der Waals surface area (Å²) >= 11 is 0. The van der Waals surface area contributed by atoms with Gasteiger partial charge in [-0.15, -0.1) is 0 Å². The van der Waals surface area contributed by atoms with Crippen LogP contribution in [0, 0.1) is 0 Å². The van der Waals surface area contributed by atoms with Crippen LogP contribution in [-0.2, 0) is 4.79 Å². The van der Waals surface area contributed by atoms with E-state index in [2.05, 4.69) is 46.7 Å². The topological polar surface area (TPSA) is 64.7 Å². The number of rotatable bonds is 4. The summed E-state index contributed by atoms with van der Waals surface area (Å²) in [4.78, 5) is 27.9. The minimum Gasteiger partial charge on any atom is -0.341 e. The van der Waals surface area contributed by atoms with Crippen LogP contribution >= 0.6 is 0 Å². The number of hydrogen-bond donors (Lipinski definition) is 2. The standard InChI is InChI=1S/C20H30N4O2/c1-15(17-6-4-3-5-7-17)23-11-8-18(9-12-23)21-20(26)22-19-10-13-24(14-19)16(2)25/h3-7,15,18-19H,8-14H2,1-2H3,(H2,21,22,26)/t15-,19-/m1/s1. The van der Waals surface area contributed by atoms with E-state index in [0.29, 0.717) is 12.6 Å². The zero-order valence-corrected chi connectivity index (χ0v) is 15.8. The molecule has 0 unspecified atom stereocenters. The van der Waals surface area contributed by atoms with E-state index in [0.717, 1.165) is 38.9 Å². The number of nitrogens with one attached hydrogen (secondary N) is 2. The van der Waals surface area contributed by atoms with Gasteiger partial charge in [0.05, 0.1) is 0 Å². The van der Waals surface area contributed by atoms with Crippen molar-refractivity contribution in [2.75, 3.05) is 26.2 Å². The number of nitrogens with zero attached hydrogens (tertiary/aromatic N) is 2. The Morgan fingerprint density at radius 1 is 1.00 bits per heavy atom. The van der Waals surface area contributed by atoms with Gasteiger partial charge in [-0.05, 0) is 31.7 Å². The Morgan fingerprint density at radius 2 is 1.62 bits per heavy atom. The average Bonchev–Trinajstić information content (AvgIpc) is 3.11. The molecule has 0 bridgehead atoms. The molecule has 1 aromatic rings. The normalized spacial score (nSPS) is 22.8. The van der Waals surface area contributed by atoms with E-state index in [1.165, 1.54) is 5.56 Å². The van der Waals surface area contributed by atoms with Crippen LogP contribution in [0.3, 0.4) is 0 Å². The number of hydrogen-bond acceptors (Lipinski definition) is 3. The zero-order chi connectivity index (χ0) is 18.5. The molecule has 0 aliphatic carbocycles. The van der Waals surface area contributed by atoms with Crippen LogP contribution in [-0.4, -0.2) is 60.0 Å². The molecule has 2 aliphatic rings. The van der Waals surface area contributed by atoms with Crippen molar-refractivity contribution in [3.8, 4) is 0 Å². The first-order valence-electron chi connectivity index (χ1n) is 9.64. The van der Waals surface area contributed by atoms with Crippen LogP contribution in [0.25, 0.3) is 0 Å². The Hall–Kier alpha value is -2.08. The molecule has 2 aliphatic heterocycles. The van der Waals surface area contributed by atoms with Gasteiger partial charge in [0, 0.05) is 51.2 Å². The summed E-state index contributed by atoms with van der Waals surface area (Å²) in [7, 11) is 0. The SMILES string of the molecule is CC(=O)N1CC[C@@H](NC(=O)NC2CCN([C@H](C)c3ccccc3)CC2)C1. The first-order chi connectivity index (χ1) is 12.5. The molecule has 2 saturated heterocycles. The molecule has 6 nitrogen and oxygen atoms in total. The summed E-state index contributed by atoms with van der Waals surface area (Å²) in [6.07, 6.45) is 2.77.